The number of benzene rings is 7. The molecule has 7 aromatic carbocycles. The van der Waals surface area contributed by atoms with Gasteiger partial charge in [-0.15, -0.1) is 0 Å². The van der Waals surface area contributed by atoms with Crippen LogP contribution in [0.5, 0.6) is 0 Å². The van der Waals surface area contributed by atoms with Crippen LogP contribution in [0.1, 0.15) is 147 Å². The van der Waals surface area contributed by atoms with Gasteiger partial charge in [-0.25, -0.2) is 0 Å². The second-order valence-corrected chi connectivity index (χ2v) is 22.3. The van der Waals surface area contributed by atoms with Crippen molar-refractivity contribution in [3.63, 3.8) is 0 Å². The number of anilines is 6. The number of fused-ring (bicyclic) bond motifs is 11. The lowest BCUT2D eigenvalue weighted by atomic mass is 9.33. The van der Waals surface area contributed by atoms with E-state index in [1.807, 2.05) is 0 Å². The molecule has 0 N–H and O–H groups in total. The number of nitrogens with zero attached hydrogens (tertiary/aromatic N) is 3. The molecule has 0 bridgehead atoms. The fourth-order valence-electron chi connectivity index (χ4n) is 14.5. The molecule has 3 heterocycles. The molecule has 0 amide bonds. The lowest BCUT2D eigenvalue weighted by molar-refractivity contribution is 0.617. The first-order chi connectivity index (χ1) is 34.7. The average Bonchev–Trinajstić information content (AvgIpc) is 3.69. The first kappa shape index (κ1) is 42.8. The SMILES string of the molecule is c1ccc2c(c1)c1ccccc1n2-c1cc2c3c(c1)N(c1ccc4c(c1)CCCCCC4)c1cc4c(cc1B3c1cc3c(cc1N2c1ccc2c(c1)CCCCCC2)CCCCCC3)CCCCCC4. The number of aromatic nitrogens is 1. The number of hydrogen-bond acceptors (Lipinski definition) is 2. The number of para-hydroxylation sites is 2. The lowest BCUT2D eigenvalue weighted by Gasteiger charge is -2.45. The molecule has 0 fully saturated rings. The zero-order chi connectivity index (χ0) is 46.1. The van der Waals surface area contributed by atoms with E-state index in [9.17, 15) is 0 Å². The van der Waals surface area contributed by atoms with Gasteiger partial charge in [-0.05, 0) is 224 Å². The van der Waals surface area contributed by atoms with Gasteiger partial charge >= 0.3 is 0 Å². The monoisotopic (exact) mass is 914 g/mol. The van der Waals surface area contributed by atoms with Crippen molar-refractivity contribution in [2.24, 2.45) is 0 Å². The van der Waals surface area contributed by atoms with Crippen LogP contribution in [-0.4, -0.2) is 11.3 Å². The van der Waals surface area contributed by atoms with Gasteiger partial charge in [-0.2, -0.15) is 0 Å². The quantitative estimate of drug-likeness (QED) is 0.164. The smallest absolute Gasteiger partial charge is 0.252 e. The predicted octanol–water partition coefficient (Wildman–Crippen LogP) is 15.5. The summed E-state index contributed by atoms with van der Waals surface area (Å²) < 4.78 is 2.60. The second kappa shape index (κ2) is 18.0. The molecule has 0 spiro atoms. The highest BCUT2D eigenvalue weighted by Crippen LogP contribution is 2.48. The van der Waals surface area contributed by atoms with Crippen LogP contribution in [0.25, 0.3) is 27.5 Å². The average molecular weight is 914 g/mol. The highest BCUT2D eigenvalue weighted by molar-refractivity contribution is 7.00. The summed E-state index contributed by atoms with van der Waals surface area (Å²) in [4.78, 5) is 5.55. The third kappa shape index (κ3) is 7.28. The largest absolute Gasteiger partial charge is 0.311 e. The third-order valence-electron chi connectivity index (χ3n) is 18.0. The van der Waals surface area contributed by atoms with E-state index in [0.29, 0.717) is 0 Å². The van der Waals surface area contributed by atoms with E-state index in [1.165, 1.54) is 232 Å². The summed E-state index contributed by atoms with van der Waals surface area (Å²) in [6, 6.07) is 49.7. The molecular weight excluding hydrogens is 846 g/mol. The fourth-order valence-corrected chi connectivity index (χ4v) is 14.5. The molecular formula is C66H68BN3. The molecule has 0 unspecified atom stereocenters. The molecule has 2 aliphatic heterocycles. The molecule has 0 saturated heterocycles. The zero-order valence-corrected chi connectivity index (χ0v) is 41.4. The summed E-state index contributed by atoms with van der Waals surface area (Å²) in [6.45, 7) is 0.120. The van der Waals surface area contributed by atoms with E-state index in [-0.39, 0.29) is 6.71 Å². The van der Waals surface area contributed by atoms with Crippen molar-refractivity contribution in [1.29, 1.82) is 0 Å². The van der Waals surface area contributed by atoms with Crippen molar-refractivity contribution < 1.29 is 0 Å². The van der Waals surface area contributed by atoms with Crippen molar-refractivity contribution in [2.75, 3.05) is 9.80 Å². The van der Waals surface area contributed by atoms with E-state index in [1.54, 1.807) is 44.5 Å². The number of hydrogen-bond donors (Lipinski definition) is 0. The van der Waals surface area contributed by atoms with E-state index in [0.717, 1.165) is 0 Å². The summed E-state index contributed by atoms with van der Waals surface area (Å²) in [5.41, 5.74) is 29.0. The summed E-state index contributed by atoms with van der Waals surface area (Å²) in [6.07, 6.45) is 30.4. The molecule has 6 aliphatic rings. The molecule has 350 valence electrons. The molecule has 3 nitrogen and oxygen atoms in total. The molecule has 0 saturated carbocycles. The van der Waals surface area contributed by atoms with Gasteiger partial charge in [0.1, 0.15) is 0 Å². The van der Waals surface area contributed by atoms with Gasteiger partial charge < -0.3 is 14.4 Å². The van der Waals surface area contributed by atoms with Gasteiger partial charge in [0, 0.05) is 44.9 Å². The van der Waals surface area contributed by atoms with Crippen molar-refractivity contribution in [1.82, 2.24) is 4.57 Å². The first-order valence-electron chi connectivity index (χ1n) is 28.1. The Morgan fingerprint density at radius 3 is 1.06 bits per heavy atom. The fraction of sp³-hybridized carbons (Fsp3) is 0.364. The van der Waals surface area contributed by atoms with E-state index >= 15 is 0 Å². The Morgan fingerprint density at radius 1 is 0.286 bits per heavy atom. The summed E-state index contributed by atoms with van der Waals surface area (Å²) in [5, 5.41) is 2.62. The van der Waals surface area contributed by atoms with Crippen LogP contribution in [0.2, 0.25) is 0 Å². The minimum absolute atomic E-state index is 0.120. The molecule has 4 aliphatic carbocycles. The van der Waals surface area contributed by atoms with Gasteiger partial charge in [0.2, 0.25) is 0 Å². The first-order valence-corrected chi connectivity index (χ1v) is 28.1. The summed E-state index contributed by atoms with van der Waals surface area (Å²) in [5.74, 6) is 0. The molecule has 1 aromatic heterocycles. The van der Waals surface area contributed by atoms with E-state index < -0.39 is 0 Å². The molecule has 8 aromatic rings. The molecule has 70 heavy (non-hydrogen) atoms. The normalized spacial score (nSPS) is 18.0. The van der Waals surface area contributed by atoms with E-state index in [2.05, 4.69) is 136 Å². The maximum Gasteiger partial charge on any atom is 0.252 e. The van der Waals surface area contributed by atoms with Crippen LogP contribution in [0.4, 0.5) is 34.1 Å². The Hall–Kier alpha value is -6.00. The van der Waals surface area contributed by atoms with Crippen LogP contribution in [0.3, 0.4) is 0 Å². The minimum Gasteiger partial charge on any atom is -0.311 e. The Bertz CT molecular complexity index is 3120. The van der Waals surface area contributed by atoms with Crippen LogP contribution in [-0.2, 0) is 51.4 Å². The van der Waals surface area contributed by atoms with Gasteiger partial charge in [0.05, 0.1) is 16.7 Å². The van der Waals surface area contributed by atoms with E-state index in [4.69, 9.17) is 0 Å². The number of aryl methyl sites for hydroxylation is 8. The van der Waals surface area contributed by atoms with Crippen LogP contribution in [0.15, 0.2) is 121 Å². The van der Waals surface area contributed by atoms with Crippen LogP contribution >= 0.6 is 0 Å². The predicted molar refractivity (Wildman–Crippen MR) is 298 cm³/mol. The summed E-state index contributed by atoms with van der Waals surface area (Å²) >= 11 is 0. The lowest BCUT2D eigenvalue weighted by Crippen LogP contribution is -2.61. The molecule has 0 radical (unpaired) electrons. The molecule has 14 rings (SSSR count). The molecule has 0 atom stereocenters. The van der Waals surface area contributed by atoms with Crippen molar-refractivity contribution in [2.45, 2.75) is 154 Å². The van der Waals surface area contributed by atoms with Crippen molar-refractivity contribution >= 4 is 79.0 Å². The highest BCUT2D eigenvalue weighted by atomic mass is 15.2. The minimum atomic E-state index is 0.120. The zero-order valence-electron chi connectivity index (χ0n) is 41.4. The third-order valence-corrected chi connectivity index (χ3v) is 18.0. The Kier molecular flexibility index (Phi) is 11.0. The van der Waals surface area contributed by atoms with Gasteiger partial charge in [0.25, 0.3) is 6.71 Å². The topological polar surface area (TPSA) is 11.4 Å². The Morgan fingerprint density at radius 2 is 0.643 bits per heavy atom. The molecule has 4 heteroatoms. The highest BCUT2D eigenvalue weighted by Gasteiger charge is 2.45. The van der Waals surface area contributed by atoms with Gasteiger partial charge in [-0.1, -0.05) is 112 Å². The maximum absolute atomic E-state index is 2.78. The Labute approximate surface area is 417 Å². The van der Waals surface area contributed by atoms with Gasteiger partial charge in [0.15, 0.2) is 0 Å². The van der Waals surface area contributed by atoms with Crippen molar-refractivity contribution in [3.8, 4) is 5.69 Å². The Balaban J connectivity index is 1.11. The van der Waals surface area contributed by atoms with Gasteiger partial charge in [-0.3, -0.25) is 0 Å². The van der Waals surface area contributed by atoms with Crippen molar-refractivity contribution in [3.05, 3.63) is 166 Å². The second-order valence-electron chi connectivity index (χ2n) is 22.3. The summed E-state index contributed by atoms with van der Waals surface area (Å²) in [7, 11) is 0. The van der Waals surface area contributed by atoms with Crippen LogP contribution < -0.4 is 26.2 Å². The number of rotatable bonds is 3. The van der Waals surface area contributed by atoms with Crippen LogP contribution in [0, 0.1) is 0 Å². The standard InChI is InChI=1S/C66H68BN3/c1-3-11-23-47-37-53(35-33-45(47)21-9-1)68-62-41-51-27-15-7-5-13-25-49(51)39-58(62)67-59-40-50-26-14-6-8-16-28-52(50)42-63(59)69(54-36-34-46-22-10-2-4-12-24-48(46)38-54)65-44-55(43-64(68)66(65)67)70-60-31-19-17-29-56(60)57-30-18-20-32-61(57)70/h17-20,29-44H,1-16,21-28H2. The maximum atomic E-state index is 2.78.